The number of carbonyl (C=O) groups is 1. The van der Waals surface area contributed by atoms with Crippen LogP contribution < -0.4 is 4.74 Å². The van der Waals surface area contributed by atoms with Crippen molar-refractivity contribution in [3.05, 3.63) is 34.9 Å². The quantitative estimate of drug-likeness (QED) is 0.685. The lowest BCUT2D eigenvalue weighted by molar-refractivity contribution is -0.172. The molecule has 1 N–H and O–H groups in total. The lowest BCUT2D eigenvalue weighted by Gasteiger charge is -2.63. The summed E-state index contributed by atoms with van der Waals surface area (Å²) in [5.41, 5.74) is 3.62. The molecule has 3 aliphatic carbocycles. The first-order chi connectivity index (χ1) is 13.5. The molecule has 0 aromatic heterocycles. The van der Waals surface area contributed by atoms with E-state index in [9.17, 15) is 9.90 Å². The molecule has 0 heterocycles. The number of ketones is 1. The SMILES string of the molecule is COc1c(C)ccc2c1[C@@]1(C)C[C@H](O)[C@H]3C(C)(C)CCC[C@]3(C)[C@H]1C(=O)C=C2C. The third kappa shape index (κ3) is 2.69. The Morgan fingerprint density at radius 2 is 1.79 bits per heavy atom. The number of aliphatic hydroxyl groups is 1. The summed E-state index contributed by atoms with van der Waals surface area (Å²) >= 11 is 0. The maximum Gasteiger partial charge on any atom is 0.160 e. The van der Waals surface area contributed by atoms with Gasteiger partial charge in [-0.3, -0.25) is 4.79 Å². The molecule has 4 rings (SSSR count). The molecule has 29 heavy (non-hydrogen) atoms. The van der Waals surface area contributed by atoms with Gasteiger partial charge >= 0.3 is 0 Å². The molecule has 0 unspecified atom stereocenters. The van der Waals surface area contributed by atoms with Crippen molar-refractivity contribution in [3.8, 4) is 5.75 Å². The number of benzene rings is 1. The highest BCUT2D eigenvalue weighted by molar-refractivity contribution is 6.02. The molecule has 3 nitrogen and oxygen atoms in total. The Balaban J connectivity index is 2.04. The predicted octanol–water partition coefficient (Wildman–Crippen LogP) is 5.46. The molecule has 5 atom stereocenters. The van der Waals surface area contributed by atoms with Crippen LogP contribution in [0.1, 0.15) is 77.0 Å². The highest BCUT2D eigenvalue weighted by Crippen LogP contribution is 2.66. The van der Waals surface area contributed by atoms with Crippen molar-refractivity contribution >= 4 is 11.4 Å². The average molecular weight is 397 g/mol. The summed E-state index contributed by atoms with van der Waals surface area (Å²) in [4.78, 5) is 13.8. The van der Waals surface area contributed by atoms with Gasteiger partial charge in [0.15, 0.2) is 5.78 Å². The van der Waals surface area contributed by atoms with E-state index in [0.29, 0.717) is 6.42 Å². The number of allylic oxidation sites excluding steroid dienone is 2. The second-order valence-electron chi connectivity index (χ2n) is 11.0. The van der Waals surface area contributed by atoms with Crippen LogP contribution in [-0.4, -0.2) is 24.1 Å². The van der Waals surface area contributed by atoms with Crippen molar-refractivity contribution in [2.75, 3.05) is 7.11 Å². The van der Waals surface area contributed by atoms with Crippen molar-refractivity contribution in [2.45, 2.75) is 78.7 Å². The van der Waals surface area contributed by atoms with E-state index < -0.39 is 11.5 Å². The number of methoxy groups -OCH3 is 1. The predicted molar refractivity (Wildman–Crippen MR) is 117 cm³/mol. The normalized spacial score (nSPS) is 38.3. The van der Waals surface area contributed by atoms with Crippen LogP contribution in [0.2, 0.25) is 0 Å². The zero-order valence-electron chi connectivity index (χ0n) is 19.1. The molecule has 0 aliphatic heterocycles. The van der Waals surface area contributed by atoms with Crippen LogP contribution in [0.15, 0.2) is 18.2 Å². The van der Waals surface area contributed by atoms with Crippen molar-refractivity contribution in [1.29, 1.82) is 0 Å². The topological polar surface area (TPSA) is 46.5 Å². The second-order valence-corrected chi connectivity index (χ2v) is 11.0. The van der Waals surface area contributed by atoms with E-state index in [1.807, 2.05) is 13.0 Å². The van der Waals surface area contributed by atoms with E-state index in [2.05, 4.69) is 46.8 Å². The fraction of sp³-hybridized carbons (Fsp3) is 0.654. The molecule has 0 bridgehead atoms. The first-order valence-electron chi connectivity index (χ1n) is 11.1. The van der Waals surface area contributed by atoms with Gasteiger partial charge in [-0.05, 0) is 72.6 Å². The first-order valence-corrected chi connectivity index (χ1v) is 11.1. The summed E-state index contributed by atoms with van der Waals surface area (Å²) in [6.07, 6.45) is 5.23. The number of aryl methyl sites for hydroxylation is 1. The van der Waals surface area contributed by atoms with Crippen LogP contribution in [0, 0.1) is 29.6 Å². The molecule has 3 aliphatic rings. The molecule has 2 fully saturated rings. The van der Waals surface area contributed by atoms with Gasteiger partial charge < -0.3 is 9.84 Å². The van der Waals surface area contributed by atoms with E-state index in [-0.39, 0.29) is 28.4 Å². The van der Waals surface area contributed by atoms with Crippen molar-refractivity contribution in [3.63, 3.8) is 0 Å². The monoisotopic (exact) mass is 396 g/mol. The van der Waals surface area contributed by atoms with Gasteiger partial charge in [0.2, 0.25) is 0 Å². The molecule has 0 amide bonds. The second kappa shape index (κ2) is 6.44. The summed E-state index contributed by atoms with van der Waals surface area (Å²) in [5, 5.41) is 11.5. The molecule has 0 spiro atoms. The number of hydrogen-bond donors (Lipinski definition) is 1. The van der Waals surface area contributed by atoms with Crippen LogP contribution in [-0.2, 0) is 10.2 Å². The standard InChI is InChI=1S/C26H36O3/c1-15-9-10-17-16(2)13-18(27)23-25(5)12-8-11-24(3,4)22(25)19(28)14-26(23,6)20(17)21(15)29-7/h9-10,13,19,22-23,28H,8,11-12,14H2,1-7H3/t19-,22-,23+,25-,26+/m0/s1. The van der Waals surface area contributed by atoms with E-state index in [1.54, 1.807) is 7.11 Å². The van der Waals surface area contributed by atoms with Gasteiger partial charge in [-0.15, -0.1) is 0 Å². The number of fused-ring (bicyclic) bond motifs is 5. The summed E-state index contributed by atoms with van der Waals surface area (Å²) < 4.78 is 5.92. The van der Waals surface area contributed by atoms with Gasteiger partial charge in [0.25, 0.3) is 0 Å². The number of hydrogen-bond acceptors (Lipinski definition) is 3. The van der Waals surface area contributed by atoms with E-state index in [4.69, 9.17) is 4.74 Å². The maximum atomic E-state index is 13.8. The van der Waals surface area contributed by atoms with Gasteiger partial charge in [-0.1, -0.05) is 46.2 Å². The summed E-state index contributed by atoms with van der Waals surface area (Å²) in [6.45, 7) is 13.1. The van der Waals surface area contributed by atoms with Crippen molar-refractivity contribution < 1.29 is 14.6 Å². The number of rotatable bonds is 1. The van der Waals surface area contributed by atoms with E-state index in [1.165, 1.54) is 0 Å². The zero-order valence-corrected chi connectivity index (χ0v) is 19.1. The highest BCUT2D eigenvalue weighted by atomic mass is 16.5. The lowest BCUT2D eigenvalue weighted by Crippen LogP contribution is -2.63. The average Bonchev–Trinajstić information content (AvgIpc) is 2.66. The minimum atomic E-state index is -0.462. The first kappa shape index (κ1) is 20.7. The third-order valence-corrected chi connectivity index (χ3v) is 8.60. The molecule has 3 heteroatoms. The fourth-order valence-corrected chi connectivity index (χ4v) is 7.92. The van der Waals surface area contributed by atoms with Gasteiger partial charge in [0.05, 0.1) is 13.2 Å². The summed E-state index contributed by atoms with van der Waals surface area (Å²) in [6, 6.07) is 4.21. The lowest BCUT2D eigenvalue weighted by atomic mass is 9.41. The minimum absolute atomic E-state index is 0.0264. The van der Waals surface area contributed by atoms with Gasteiger partial charge in [0.1, 0.15) is 5.75 Å². The van der Waals surface area contributed by atoms with Gasteiger partial charge in [0, 0.05) is 16.9 Å². The van der Waals surface area contributed by atoms with E-state index in [0.717, 1.165) is 47.3 Å². The molecule has 158 valence electrons. The van der Waals surface area contributed by atoms with Crippen LogP contribution >= 0.6 is 0 Å². The van der Waals surface area contributed by atoms with Gasteiger partial charge in [-0.25, -0.2) is 0 Å². The maximum absolute atomic E-state index is 13.8. The van der Waals surface area contributed by atoms with Crippen LogP contribution in [0.3, 0.4) is 0 Å². The van der Waals surface area contributed by atoms with Gasteiger partial charge in [-0.2, -0.15) is 0 Å². The molecule has 0 radical (unpaired) electrons. The smallest absolute Gasteiger partial charge is 0.160 e. The van der Waals surface area contributed by atoms with Crippen molar-refractivity contribution in [1.82, 2.24) is 0 Å². The Bertz CT molecular complexity index is 895. The summed E-state index contributed by atoms with van der Waals surface area (Å²) in [7, 11) is 1.72. The number of aliphatic hydroxyl groups excluding tert-OH is 1. The van der Waals surface area contributed by atoms with Crippen molar-refractivity contribution in [2.24, 2.45) is 22.7 Å². The number of ether oxygens (including phenoxy) is 1. The van der Waals surface area contributed by atoms with Crippen LogP contribution in [0.5, 0.6) is 5.75 Å². The Labute approximate surface area is 175 Å². The number of carbonyl (C=O) groups excluding carboxylic acids is 1. The molecule has 1 aromatic rings. The molecular formula is C26H36O3. The third-order valence-electron chi connectivity index (χ3n) is 8.60. The minimum Gasteiger partial charge on any atom is -0.496 e. The molecule has 0 saturated heterocycles. The Morgan fingerprint density at radius 3 is 2.45 bits per heavy atom. The largest absolute Gasteiger partial charge is 0.496 e. The van der Waals surface area contributed by atoms with Crippen LogP contribution in [0.25, 0.3) is 5.57 Å². The van der Waals surface area contributed by atoms with Crippen LogP contribution in [0.4, 0.5) is 0 Å². The highest BCUT2D eigenvalue weighted by Gasteiger charge is 2.65. The fourth-order valence-electron chi connectivity index (χ4n) is 7.92. The molecular weight excluding hydrogens is 360 g/mol. The molecule has 1 aromatic carbocycles. The Morgan fingerprint density at radius 1 is 1.10 bits per heavy atom. The Kier molecular flexibility index (Phi) is 4.59. The zero-order chi connectivity index (χ0) is 21.4. The molecule has 2 saturated carbocycles. The summed E-state index contributed by atoms with van der Waals surface area (Å²) in [5.74, 6) is 1.06. The Hall–Kier alpha value is -1.61. The van der Waals surface area contributed by atoms with E-state index >= 15 is 0 Å².